The van der Waals surface area contributed by atoms with Crippen molar-refractivity contribution in [3.05, 3.63) is 35.4 Å². The highest BCUT2D eigenvalue weighted by molar-refractivity contribution is 5.51. The molecule has 1 aromatic rings. The van der Waals surface area contributed by atoms with Crippen molar-refractivity contribution in [2.75, 3.05) is 7.11 Å². The highest BCUT2D eigenvalue weighted by Gasteiger charge is 2.04. The number of imidazole rings is 1. The molecular formula is C20H39N3O2. The van der Waals surface area contributed by atoms with Crippen LogP contribution >= 0.6 is 0 Å². The normalized spacial score (nSPS) is 9.68. The molecule has 0 saturated carbocycles. The molecule has 0 atom stereocenters. The Bertz CT molecular complexity index is 484. The maximum Gasteiger partial charge on any atom is 0.207 e. The third-order valence-electron chi connectivity index (χ3n) is 2.46. The minimum Gasteiger partial charge on any atom is -0.379 e. The number of ether oxygens (including phenoxy) is 1. The van der Waals surface area contributed by atoms with Crippen LogP contribution in [0.3, 0.4) is 0 Å². The van der Waals surface area contributed by atoms with E-state index in [-0.39, 0.29) is 5.60 Å². The number of aromatic nitrogens is 2. The fraction of sp³-hybridized carbons (Fsp3) is 0.600. The maximum atomic E-state index is 10.1. The summed E-state index contributed by atoms with van der Waals surface area (Å²) in [6.45, 7) is 22.1. The molecule has 0 aromatic carbocycles. The Labute approximate surface area is 155 Å². The summed E-state index contributed by atoms with van der Waals surface area (Å²) in [6, 6.07) is 0. The lowest BCUT2D eigenvalue weighted by Gasteiger charge is -2.14. The number of carbonyl (C=O) groups is 1. The second-order valence-corrected chi connectivity index (χ2v) is 5.69. The van der Waals surface area contributed by atoms with E-state index in [4.69, 9.17) is 4.74 Å². The average molecular weight is 354 g/mol. The van der Waals surface area contributed by atoms with E-state index in [1.807, 2.05) is 74.5 Å². The zero-order valence-corrected chi connectivity index (χ0v) is 17.9. The number of aryl methyl sites for hydroxylation is 1. The van der Waals surface area contributed by atoms with Crippen LogP contribution in [-0.4, -0.2) is 29.1 Å². The second-order valence-electron chi connectivity index (χ2n) is 5.69. The predicted molar refractivity (Wildman–Crippen MR) is 110 cm³/mol. The summed E-state index contributed by atoms with van der Waals surface area (Å²) in [5.41, 5.74) is 2.88. The molecule has 0 radical (unpaired) electrons. The van der Waals surface area contributed by atoms with Crippen molar-refractivity contribution in [1.82, 2.24) is 15.3 Å². The van der Waals surface area contributed by atoms with E-state index in [1.165, 1.54) is 0 Å². The van der Waals surface area contributed by atoms with Gasteiger partial charge < -0.3 is 15.0 Å². The standard InChI is InChI=1S/C11H15N3O.C5H12O.2C2H6/c1-8(2)4-5-10-9(3)13-11(14-10)6-12-7-15;1-5(2,3)6-4;2*1-2/h4-5,7H,1,6H2,2-3H3,(H,12,15)(H,13,14);1-4H3;2*1-2H3/b5-4-;;;. The van der Waals surface area contributed by atoms with Gasteiger partial charge in [-0.25, -0.2) is 4.98 Å². The van der Waals surface area contributed by atoms with Gasteiger partial charge >= 0.3 is 0 Å². The average Bonchev–Trinajstić information content (AvgIpc) is 2.94. The summed E-state index contributed by atoms with van der Waals surface area (Å²) in [5.74, 6) is 0.751. The van der Waals surface area contributed by atoms with E-state index < -0.39 is 0 Å². The van der Waals surface area contributed by atoms with Gasteiger partial charge in [0, 0.05) is 12.8 Å². The van der Waals surface area contributed by atoms with E-state index in [0.717, 1.165) is 22.8 Å². The number of allylic oxidation sites excluding steroid dienone is 2. The summed E-state index contributed by atoms with van der Waals surface area (Å²) < 4.78 is 4.94. The number of carbonyl (C=O) groups excluding carboxylic acids is 1. The van der Waals surface area contributed by atoms with Crippen molar-refractivity contribution in [3.63, 3.8) is 0 Å². The van der Waals surface area contributed by atoms with Crippen LogP contribution in [0.25, 0.3) is 6.08 Å². The molecule has 0 bridgehead atoms. The number of hydrogen-bond acceptors (Lipinski definition) is 3. The molecule has 0 aliphatic rings. The molecule has 1 rings (SSSR count). The summed E-state index contributed by atoms with van der Waals surface area (Å²) >= 11 is 0. The Hall–Kier alpha value is -1.88. The lowest BCUT2D eigenvalue weighted by Crippen LogP contribution is -2.15. The van der Waals surface area contributed by atoms with Gasteiger partial charge in [-0.1, -0.05) is 45.9 Å². The van der Waals surface area contributed by atoms with Crippen LogP contribution < -0.4 is 5.32 Å². The predicted octanol–water partition coefficient (Wildman–Crippen LogP) is 5.04. The molecule has 0 saturated heterocycles. The van der Waals surface area contributed by atoms with Crippen LogP contribution in [-0.2, 0) is 16.1 Å². The van der Waals surface area contributed by atoms with Gasteiger partial charge in [-0.3, -0.25) is 4.79 Å². The minimum atomic E-state index is 0.0417. The molecule has 146 valence electrons. The Morgan fingerprint density at radius 1 is 1.28 bits per heavy atom. The summed E-state index contributed by atoms with van der Waals surface area (Å²) in [4.78, 5) is 17.5. The largest absolute Gasteiger partial charge is 0.379 e. The van der Waals surface area contributed by atoms with Gasteiger partial charge in [0.2, 0.25) is 6.41 Å². The van der Waals surface area contributed by atoms with Gasteiger partial charge in [-0.15, -0.1) is 0 Å². The summed E-state index contributed by atoms with van der Waals surface area (Å²) in [6.07, 6.45) is 4.46. The zero-order chi connectivity index (χ0) is 20.5. The Balaban J connectivity index is -0.000000407. The van der Waals surface area contributed by atoms with Crippen LogP contribution in [0.4, 0.5) is 0 Å². The van der Waals surface area contributed by atoms with Crippen LogP contribution in [0.5, 0.6) is 0 Å². The first-order valence-electron chi connectivity index (χ1n) is 8.81. The van der Waals surface area contributed by atoms with Crippen molar-refractivity contribution in [2.45, 2.75) is 74.5 Å². The molecule has 2 N–H and O–H groups in total. The minimum absolute atomic E-state index is 0.0417. The topological polar surface area (TPSA) is 67.0 Å². The molecule has 0 aliphatic heterocycles. The Morgan fingerprint density at radius 3 is 2.12 bits per heavy atom. The van der Waals surface area contributed by atoms with Gasteiger partial charge in [0.1, 0.15) is 5.82 Å². The SMILES string of the molecule is C=C(C)/C=C\c1nc(CNC=O)[nH]c1C.CC.CC.COC(C)(C)C. The fourth-order valence-electron chi connectivity index (χ4n) is 1.14. The van der Waals surface area contributed by atoms with E-state index in [0.29, 0.717) is 13.0 Å². The molecule has 1 heterocycles. The molecule has 0 fully saturated rings. The number of hydrogen-bond donors (Lipinski definition) is 2. The first-order chi connectivity index (χ1) is 11.7. The van der Waals surface area contributed by atoms with Crippen molar-refractivity contribution < 1.29 is 9.53 Å². The van der Waals surface area contributed by atoms with Gasteiger partial charge in [0.15, 0.2) is 0 Å². The molecule has 25 heavy (non-hydrogen) atoms. The smallest absolute Gasteiger partial charge is 0.207 e. The van der Waals surface area contributed by atoms with E-state index in [1.54, 1.807) is 7.11 Å². The van der Waals surface area contributed by atoms with Gasteiger partial charge in [-0.2, -0.15) is 0 Å². The molecule has 5 heteroatoms. The number of amides is 1. The number of nitrogens with one attached hydrogen (secondary N) is 2. The number of methoxy groups -OCH3 is 1. The zero-order valence-electron chi connectivity index (χ0n) is 17.9. The van der Waals surface area contributed by atoms with E-state index in [9.17, 15) is 4.79 Å². The fourth-order valence-corrected chi connectivity index (χ4v) is 1.14. The third-order valence-corrected chi connectivity index (χ3v) is 2.46. The third kappa shape index (κ3) is 18.3. The summed E-state index contributed by atoms with van der Waals surface area (Å²) in [7, 11) is 1.71. The molecule has 1 aromatic heterocycles. The van der Waals surface area contributed by atoms with E-state index in [2.05, 4.69) is 21.9 Å². The van der Waals surface area contributed by atoms with Crippen molar-refractivity contribution in [2.24, 2.45) is 0 Å². The molecule has 0 spiro atoms. The Morgan fingerprint density at radius 2 is 1.76 bits per heavy atom. The van der Waals surface area contributed by atoms with Crippen LogP contribution in [0.1, 0.15) is 72.6 Å². The van der Waals surface area contributed by atoms with Crippen LogP contribution in [0, 0.1) is 6.92 Å². The first kappa shape index (κ1) is 27.9. The molecule has 1 amide bonds. The van der Waals surface area contributed by atoms with Crippen LogP contribution in [0.2, 0.25) is 0 Å². The Kier molecular flexibility index (Phi) is 19.0. The van der Waals surface area contributed by atoms with Gasteiger partial charge in [0.25, 0.3) is 0 Å². The van der Waals surface area contributed by atoms with Crippen molar-refractivity contribution in [3.8, 4) is 0 Å². The summed E-state index contributed by atoms with van der Waals surface area (Å²) in [5, 5.41) is 2.55. The lowest BCUT2D eigenvalue weighted by molar-refractivity contribution is -0.109. The van der Waals surface area contributed by atoms with Crippen LogP contribution in [0.15, 0.2) is 18.2 Å². The second kappa shape index (κ2) is 17.0. The highest BCUT2D eigenvalue weighted by atomic mass is 16.5. The molecular weight excluding hydrogens is 314 g/mol. The maximum absolute atomic E-state index is 10.1. The molecule has 0 aliphatic carbocycles. The molecule has 0 unspecified atom stereocenters. The first-order valence-corrected chi connectivity index (χ1v) is 8.81. The number of rotatable bonds is 5. The number of aromatic amines is 1. The van der Waals surface area contributed by atoms with Crippen molar-refractivity contribution in [1.29, 1.82) is 0 Å². The lowest BCUT2D eigenvalue weighted by atomic mass is 10.2. The van der Waals surface area contributed by atoms with Crippen molar-refractivity contribution >= 4 is 12.5 Å². The van der Waals surface area contributed by atoms with Gasteiger partial charge in [-0.05, 0) is 40.7 Å². The monoisotopic (exact) mass is 353 g/mol. The highest BCUT2D eigenvalue weighted by Crippen LogP contribution is 2.08. The van der Waals surface area contributed by atoms with Gasteiger partial charge in [0.05, 0.1) is 17.8 Å². The number of nitrogens with zero attached hydrogens (tertiary/aromatic N) is 1. The quantitative estimate of drug-likeness (QED) is 0.576. The van der Waals surface area contributed by atoms with E-state index >= 15 is 0 Å². The molecule has 5 nitrogen and oxygen atoms in total. The number of H-pyrrole nitrogens is 1.